The molecule has 0 spiro atoms. The Morgan fingerprint density at radius 2 is 2.04 bits per heavy atom. The van der Waals surface area contributed by atoms with Crippen LogP contribution in [0.2, 0.25) is 0 Å². The topological polar surface area (TPSA) is 73.6 Å². The van der Waals surface area contributed by atoms with E-state index in [1.54, 1.807) is 6.07 Å². The standard InChI is InChI=1S/C22H24N2O4/c25-22(23-12-17-7-8-26-14-17)11-20-10-21(28-24-20)15-27-13-16-5-6-18-3-1-2-4-19(18)9-16/h1-6,9-10,17H,7-8,11-15H2,(H,23,25). The minimum absolute atomic E-state index is 0.0520. The van der Waals surface area contributed by atoms with Crippen molar-refractivity contribution in [3.63, 3.8) is 0 Å². The number of ether oxygens (including phenoxy) is 2. The fourth-order valence-corrected chi connectivity index (χ4v) is 3.33. The number of fused-ring (bicyclic) bond motifs is 1. The number of rotatable bonds is 8. The van der Waals surface area contributed by atoms with Crippen LogP contribution in [0.5, 0.6) is 0 Å². The summed E-state index contributed by atoms with van der Waals surface area (Å²) in [5.41, 5.74) is 1.72. The van der Waals surface area contributed by atoms with E-state index in [4.69, 9.17) is 14.0 Å². The Balaban J connectivity index is 1.22. The van der Waals surface area contributed by atoms with Crippen molar-refractivity contribution in [3.8, 4) is 0 Å². The molecular formula is C22H24N2O4. The Hall–Kier alpha value is -2.70. The highest BCUT2D eigenvalue weighted by Crippen LogP contribution is 2.17. The van der Waals surface area contributed by atoms with Crippen LogP contribution in [-0.2, 0) is 33.9 Å². The van der Waals surface area contributed by atoms with Crippen LogP contribution in [0.25, 0.3) is 10.8 Å². The first-order valence-electron chi connectivity index (χ1n) is 9.60. The molecule has 0 aliphatic carbocycles. The van der Waals surface area contributed by atoms with Crippen LogP contribution >= 0.6 is 0 Å². The van der Waals surface area contributed by atoms with Crippen molar-refractivity contribution >= 4 is 16.7 Å². The van der Waals surface area contributed by atoms with E-state index in [0.717, 1.165) is 25.2 Å². The summed E-state index contributed by atoms with van der Waals surface area (Å²) in [7, 11) is 0. The van der Waals surface area contributed by atoms with Gasteiger partial charge in [-0.25, -0.2) is 0 Å². The molecule has 1 N–H and O–H groups in total. The van der Waals surface area contributed by atoms with Crippen LogP contribution in [0.4, 0.5) is 0 Å². The monoisotopic (exact) mass is 380 g/mol. The zero-order valence-electron chi connectivity index (χ0n) is 15.7. The van der Waals surface area contributed by atoms with Gasteiger partial charge in [0.05, 0.1) is 25.3 Å². The Morgan fingerprint density at radius 3 is 2.89 bits per heavy atom. The molecule has 0 saturated carbocycles. The average molecular weight is 380 g/mol. The third kappa shape index (κ3) is 4.97. The summed E-state index contributed by atoms with van der Waals surface area (Å²) in [6.45, 7) is 2.97. The van der Waals surface area contributed by atoms with Crippen LogP contribution < -0.4 is 5.32 Å². The fraction of sp³-hybridized carbons (Fsp3) is 0.364. The molecule has 1 aliphatic heterocycles. The molecule has 1 unspecified atom stereocenters. The van der Waals surface area contributed by atoms with Crippen molar-refractivity contribution < 1.29 is 18.8 Å². The zero-order chi connectivity index (χ0) is 19.2. The normalized spacial score (nSPS) is 16.5. The third-order valence-corrected chi connectivity index (χ3v) is 4.89. The lowest BCUT2D eigenvalue weighted by atomic mass is 10.1. The highest BCUT2D eigenvalue weighted by atomic mass is 16.5. The maximum absolute atomic E-state index is 12.0. The fourth-order valence-electron chi connectivity index (χ4n) is 3.33. The highest BCUT2D eigenvalue weighted by Gasteiger charge is 2.17. The van der Waals surface area contributed by atoms with E-state index in [-0.39, 0.29) is 12.3 Å². The molecule has 6 nitrogen and oxygen atoms in total. The average Bonchev–Trinajstić information content (AvgIpc) is 3.38. The van der Waals surface area contributed by atoms with Crippen LogP contribution in [0.1, 0.15) is 23.4 Å². The first-order valence-corrected chi connectivity index (χ1v) is 9.60. The van der Waals surface area contributed by atoms with E-state index in [9.17, 15) is 4.79 Å². The van der Waals surface area contributed by atoms with Gasteiger partial charge in [0.15, 0.2) is 5.76 Å². The molecule has 1 aromatic heterocycles. The van der Waals surface area contributed by atoms with Gasteiger partial charge >= 0.3 is 0 Å². The van der Waals surface area contributed by atoms with Crippen LogP contribution in [0.3, 0.4) is 0 Å². The van der Waals surface area contributed by atoms with Gasteiger partial charge in [-0.1, -0.05) is 41.6 Å². The number of carbonyl (C=O) groups excluding carboxylic acids is 1. The highest BCUT2D eigenvalue weighted by molar-refractivity contribution is 5.83. The van der Waals surface area contributed by atoms with Gasteiger partial charge in [-0.15, -0.1) is 0 Å². The molecular weight excluding hydrogens is 356 g/mol. The lowest BCUT2D eigenvalue weighted by molar-refractivity contribution is -0.120. The second kappa shape index (κ2) is 8.99. The van der Waals surface area contributed by atoms with Gasteiger partial charge in [-0.3, -0.25) is 4.79 Å². The molecule has 4 rings (SSSR count). The van der Waals surface area contributed by atoms with Gasteiger partial charge in [0.1, 0.15) is 6.61 Å². The van der Waals surface area contributed by atoms with E-state index < -0.39 is 0 Å². The molecule has 1 amide bonds. The minimum Gasteiger partial charge on any atom is -0.381 e. The van der Waals surface area contributed by atoms with Gasteiger partial charge in [-0.2, -0.15) is 0 Å². The molecule has 6 heteroatoms. The summed E-state index contributed by atoms with van der Waals surface area (Å²) < 4.78 is 16.3. The van der Waals surface area contributed by atoms with E-state index in [0.29, 0.717) is 37.1 Å². The maximum atomic E-state index is 12.0. The number of aromatic nitrogens is 1. The molecule has 3 aromatic rings. The Kier molecular flexibility index (Phi) is 5.99. The van der Waals surface area contributed by atoms with Gasteiger partial charge in [-0.05, 0) is 28.8 Å². The lowest BCUT2D eigenvalue weighted by Gasteiger charge is -2.08. The number of nitrogens with one attached hydrogen (secondary N) is 1. The summed E-state index contributed by atoms with van der Waals surface area (Å²) in [6.07, 6.45) is 1.21. The molecule has 1 saturated heterocycles. The SMILES string of the molecule is O=C(Cc1cc(COCc2ccc3ccccc3c2)on1)NCC1CCOC1. The molecule has 1 fully saturated rings. The van der Waals surface area contributed by atoms with Gasteiger partial charge in [0.2, 0.25) is 5.91 Å². The Bertz CT molecular complexity index is 931. The van der Waals surface area contributed by atoms with E-state index >= 15 is 0 Å². The van der Waals surface area contributed by atoms with Crippen molar-refractivity contribution in [1.29, 1.82) is 0 Å². The summed E-state index contributed by atoms with van der Waals surface area (Å²) in [5, 5.41) is 9.30. The van der Waals surface area contributed by atoms with E-state index in [2.05, 4.69) is 40.8 Å². The number of hydrogen-bond acceptors (Lipinski definition) is 5. The summed E-state index contributed by atoms with van der Waals surface area (Å²) in [5.74, 6) is 0.983. The maximum Gasteiger partial charge on any atom is 0.226 e. The molecule has 1 aliphatic rings. The second-order valence-corrected chi connectivity index (χ2v) is 7.17. The predicted octanol–water partition coefficient (Wildman–Crippen LogP) is 3.24. The quantitative estimate of drug-likeness (QED) is 0.649. The summed E-state index contributed by atoms with van der Waals surface area (Å²) in [6, 6.07) is 16.3. The minimum atomic E-state index is -0.0520. The largest absolute Gasteiger partial charge is 0.381 e. The number of amides is 1. The number of carbonyl (C=O) groups is 1. The number of hydrogen-bond donors (Lipinski definition) is 1. The summed E-state index contributed by atoms with van der Waals surface area (Å²) in [4.78, 5) is 12.0. The van der Waals surface area contributed by atoms with Crippen molar-refractivity contribution in [3.05, 3.63) is 65.5 Å². The first-order chi connectivity index (χ1) is 13.8. The molecule has 2 aromatic carbocycles. The van der Waals surface area contributed by atoms with Crippen LogP contribution in [0.15, 0.2) is 53.1 Å². The smallest absolute Gasteiger partial charge is 0.226 e. The van der Waals surface area contributed by atoms with Crippen LogP contribution in [-0.4, -0.2) is 30.8 Å². The van der Waals surface area contributed by atoms with Gasteiger partial charge < -0.3 is 19.3 Å². The van der Waals surface area contributed by atoms with Gasteiger partial charge in [0, 0.05) is 25.1 Å². The van der Waals surface area contributed by atoms with E-state index in [1.165, 1.54) is 10.8 Å². The van der Waals surface area contributed by atoms with Crippen molar-refractivity contribution in [2.75, 3.05) is 19.8 Å². The van der Waals surface area contributed by atoms with Crippen molar-refractivity contribution in [2.24, 2.45) is 5.92 Å². The Morgan fingerprint density at radius 1 is 1.14 bits per heavy atom. The predicted molar refractivity (Wildman–Crippen MR) is 105 cm³/mol. The summed E-state index contributed by atoms with van der Waals surface area (Å²) >= 11 is 0. The van der Waals surface area contributed by atoms with Gasteiger partial charge in [0.25, 0.3) is 0 Å². The van der Waals surface area contributed by atoms with E-state index in [1.807, 2.05) is 12.1 Å². The van der Waals surface area contributed by atoms with Crippen molar-refractivity contribution in [2.45, 2.75) is 26.1 Å². The molecule has 0 bridgehead atoms. The molecule has 146 valence electrons. The zero-order valence-corrected chi connectivity index (χ0v) is 15.7. The molecule has 28 heavy (non-hydrogen) atoms. The Labute approximate surface area is 163 Å². The lowest BCUT2D eigenvalue weighted by Crippen LogP contribution is -2.30. The third-order valence-electron chi connectivity index (χ3n) is 4.89. The molecule has 1 atom stereocenters. The second-order valence-electron chi connectivity index (χ2n) is 7.17. The number of benzene rings is 2. The van der Waals surface area contributed by atoms with Crippen LogP contribution in [0, 0.1) is 5.92 Å². The first kappa shape index (κ1) is 18.7. The van der Waals surface area contributed by atoms with Crippen molar-refractivity contribution in [1.82, 2.24) is 10.5 Å². The number of nitrogens with zero attached hydrogens (tertiary/aromatic N) is 1. The molecule has 2 heterocycles. The molecule has 0 radical (unpaired) electrons.